The summed E-state index contributed by atoms with van der Waals surface area (Å²) >= 11 is 2.52. The number of anilines is 1. The summed E-state index contributed by atoms with van der Waals surface area (Å²) < 4.78 is 4.05. The number of rotatable bonds is 7. The maximum Gasteiger partial charge on any atom is 0.337 e. The molecule has 112 valence electrons. The molecule has 0 aliphatic carbocycles. The number of urea groups is 1. The lowest BCUT2D eigenvalue weighted by Crippen LogP contribution is -2.47. The molecule has 0 aromatic carbocycles. The van der Waals surface area contributed by atoms with Crippen LogP contribution in [-0.4, -0.2) is 49.5 Å². The monoisotopic (exact) mass is 320 g/mol. The highest BCUT2D eigenvalue weighted by Crippen LogP contribution is 2.20. The Morgan fingerprint density at radius 1 is 1.50 bits per heavy atom. The quantitative estimate of drug-likeness (QED) is 0.552. The lowest BCUT2D eigenvalue weighted by Gasteiger charge is -2.17. The molecule has 20 heavy (non-hydrogen) atoms. The van der Waals surface area contributed by atoms with Crippen molar-refractivity contribution in [1.29, 1.82) is 0 Å². The van der Waals surface area contributed by atoms with Crippen LogP contribution in [0.25, 0.3) is 0 Å². The molecule has 0 aliphatic rings. The number of aromatic nitrogens is 2. The van der Waals surface area contributed by atoms with E-state index in [1.165, 1.54) is 11.8 Å². The first kappa shape index (κ1) is 16.7. The van der Waals surface area contributed by atoms with Crippen molar-refractivity contribution in [2.45, 2.75) is 31.0 Å². The number of carboxylic acids is 1. The minimum atomic E-state index is -2.01. The van der Waals surface area contributed by atoms with Crippen LogP contribution in [0.4, 0.5) is 9.93 Å². The minimum Gasteiger partial charge on any atom is -0.479 e. The third-order valence-electron chi connectivity index (χ3n) is 2.12. The van der Waals surface area contributed by atoms with Gasteiger partial charge >= 0.3 is 12.0 Å². The number of nitrogens with zero attached hydrogens (tertiary/aromatic N) is 2. The standard InChI is InChI=1S/C10H16N4O4S2/c1-3-4-19-9-13-8(20-14-9)12-7(17)11-5-10(2,18)6(15)16/h18H,3-5H2,1-2H3,(H,15,16)(H2,11,12,13,14,17). The maximum atomic E-state index is 11.5. The van der Waals surface area contributed by atoms with Gasteiger partial charge in [0.15, 0.2) is 5.60 Å². The maximum absolute atomic E-state index is 11.5. The van der Waals surface area contributed by atoms with Gasteiger partial charge in [-0.15, -0.1) is 0 Å². The lowest BCUT2D eigenvalue weighted by atomic mass is 10.1. The van der Waals surface area contributed by atoms with Crippen LogP contribution in [-0.2, 0) is 4.79 Å². The van der Waals surface area contributed by atoms with Crippen molar-refractivity contribution in [2.24, 2.45) is 0 Å². The van der Waals surface area contributed by atoms with Crippen molar-refractivity contribution in [1.82, 2.24) is 14.7 Å². The number of nitrogens with one attached hydrogen (secondary N) is 2. The molecule has 1 aromatic heterocycles. The third-order valence-corrected chi connectivity index (χ3v) is 3.92. The molecular weight excluding hydrogens is 304 g/mol. The normalized spacial score (nSPS) is 13.6. The number of carbonyl (C=O) groups excluding carboxylic acids is 1. The number of carboxylic acid groups (broad SMARTS) is 1. The Balaban J connectivity index is 2.42. The Morgan fingerprint density at radius 3 is 2.80 bits per heavy atom. The van der Waals surface area contributed by atoms with Gasteiger partial charge in [-0.3, -0.25) is 5.32 Å². The summed E-state index contributed by atoms with van der Waals surface area (Å²) in [6.45, 7) is 2.73. The van der Waals surface area contributed by atoms with Crippen LogP contribution < -0.4 is 10.6 Å². The van der Waals surface area contributed by atoms with Gasteiger partial charge in [-0.25, -0.2) is 9.59 Å². The molecule has 0 fully saturated rings. The largest absolute Gasteiger partial charge is 0.479 e. The van der Waals surface area contributed by atoms with Crippen molar-refractivity contribution >= 4 is 40.4 Å². The van der Waals surface area contributed by atoms with Crippen molar-refractivity contribution < 1.29 is 19.8 Å². The van der Waals surface area contributed by atoms with Crippen LogP contribution >= 0.6 is 23.3 Å². The first-order valence-electron chi connectivity index (χ1n) is 5.82. The SMILES string of the molecule is CCCSc1nsc(NC(=O)NCC(C)(O)C(=O)O)n1. The van der Waals surface area contributed by atoms with E-state index in [1.54, 1.807) is 0 Å². The number of hydrogen-bond acceptors (Lipinski definition) is 7. The first-order chi connectivity index (χ1) is 9.35. The van der Waals surface area contributed by atoms with E-state index in [2.05, 4.69) is 20.0 Å². The summed E-state index contributed by atoms with van der Waals surface area (Å²) in [4.78, 5) is 26.2. The van der Waals surface area contributed by atoms with E-state index in [-0.39, 0.29) is 0 Å². The summed E-state index contributed by atoms with van der Waals surface area (Å²) in [6, 6.07) is -0.644. The van der Waals surface area contributed by atoms with E-state index in [4.69, 9.17) is 5.11 Å². The highest BCUT2D eigenvalue weighted by atomic mass is 32.2. The highest BCUT2D eigenvalue weighted by Gasteiger charge is 2.30. The average Bonchev–Trinajstić information content (AvgIpc) is 2.81. The molecule has 1 unspecified atom stereocenters. The molecule has 0 spiro atoms. The van der Waals surface area contributed by atoms with Gasteiger partial charge in [-0.2, -0.15) is 9.36 Å². The molecule has 0 saturated heterocycles. The van der Waals surface area contributed by atoms with Crippen LogP contribution in [0, 0.1) is 0 Å². The van der Waals surface area contributed by atoms with E-state index in [0.29, 0.717) is 10.3 Å². The number of carbonyl (C=O) groups is 2. The van der Waals surface area contributed by atoms with Crippen LogP contribution in [0.3, 0.4) is 0 Å². The van der Waals surface area contributed by atoms with Gasteiger partial charge in [0.1, 0.15) is 0 Å². The molecule has 0 radical (unpaired) electrons. The average molecular weight is 320 g/mol. The van der Waals surface area contributed by atoms with Crippen LogP contribution in [0.2, 0.25) is 0 Å². The van der Waals surface area contributed by atoms with Crippen LogP contribution in [0.1, 0.15) is 20.3 Å². The Hall–Kier alpha value is -1.39. The molecule has 0 saturated carbocycles. The van der Waals surface area contributed by atoms with E-state index >= 15 is 0 Å². The summed E-state index contributed by atoms with van der Waals surface area (Å²) in [6.07, 6.45) is 0.997. The van der Waals surface area contributed by atoms with Gasteiger partial charge in [0.2, 0.25) is 10.3 Å². The molecule has 1 atom stereocenters. The van der Waals surface area contributed by atoms with Gasteiger partial charge in [-0.1, -0.05) is 18.7 Å². The molecule has 2 amide bonds. The number of aliphatic carboxylic acids is 1. The number of aliphatic hydroxyl groups is 1. The van der Waals surface area contributed by atoms with Crippen molar-refractivity contribution in [3.63, 3.8) is 0 Å². The molecule has 1 aromatic rings. The van der Waals surface area contributed by atoms with E-state index in [1.807, 2.05) is 6.92 Å². The van der Waals surface area contributed by atoms with Gasteiger partial charge in [0, 0.05) is 17.3 Å². The minimum absolute atomic E-state index is 0.316. The van der Waals surface area contributed by atoms with Gasteiger partial charge < -0.3 is 15.5 Å². The first-order valence-corrected chi connectivity index (χ1v) is 7.58. The zero-order valence-corrected chi connectivity index (χ0v) is 12.7. The highest BCUT2D eigenvalue weighted by molar-refractivity contribution is 7.99. The zero-order chi connectivity index (χ0) is 15.2. The molecular formula is C10H16N4O4S2. The topological polar surface area (TPSA) is 124 Å². The van der Waals surface area contributed by atoms with Gasteiger partial charge in [0.05, 0.1) is 6.54 Å². The summed E-state index contributed by atoms with van der Waals surface area (Å²) in [5.41, 5.74) is -2.01. The smallest absolute Gasteiger partial charge is 0.337 e. The van der Waals surface area contributed by atoms with E-state index in [0.717, 1.165) is 30.6 Å². The third kappa shape index (κ3) is 5.31. The predicted molar refractivity (Wildman–Crippen MR) is 76.2 cm³/mol. The summed E-state index contributed by atoms with van der Waals surface area (Å²) in [7, 11) is 0. The Kier molecular flexibility index (Phi) is 6.17. The fourth-order valence-electron chi connectivity index (χ4n) is 0.982. The Labute approximate surface area is 124 Å². The second-order valence-corrected chi connectivity index (χ2v) is 5.93. The second kappa shape index (κ2) is 7.41. The summed E-state index contributed by atoms with van der Waals surface area (Å²) in [5.74, 6) is -0.518. The summed E-state index contributed by atoms with van der Waals surface area (Å²) in [5, 5.41) is 23.7. The molecule has 8 nitrogen and oxygen atoms in total. The number of hydrogen-bond donors (Lipinski definition) is 4. The molecule has 1 heterocycles. The van der Waals surface area contributed by atoms with Gasteiger partial charge in [0.25, 0.3) is 0 Å². The Morgan fingerprint density at radius 2 is 2.20 bits per heavy atom. The molecule has 1 rings (SSSR count). The number of amides is 2. The molecule has 0 bridgehead atoms. The van der Waals surface area contributed by atoms with E-state index in [9.17, 15) is 14.7 Å². The fraction of sp³-hybridized carbons (Fsp3) is 0.600. The predicted octanol–water partition coefficient (Wildman–Crippen LogP) is 0.997. The molecule has 0 aliphatic heterocycles. The lowest BCUT2D eigenvalue weighted by molar-refractivity contribution is -0.155. The molecule has 10 heteroatoms. The van der Waals surface area contributed by atoms with Crippen molar-refractivity contribution in [3.8, 4) is 0 Å². The van der Waals surface area contributed by atoms with Crippen LogP contribution in [0.15, 0.2) is 5.16 Å². The molecule has 4 N–H and O–H groups in total. The van der Waals surface area contributed by atoms with Gasteiger partial charge in [-0.05, 0) is 13.3 Å². The second-order valence-electron chi connectivity index (χ2n) is 4.12. The zero-order valence-electron chi connectivity index (χ0n) is 11.0. The van der Waals surface area contributed by atoms with Crippen molar-refractivity contribution in [3.05, 3.63) is 0 Å². The van der Waals surface area contributed by atoms with Crippen molar-refractivity contribution in [2.75, 3.05) is 17.6 Å². The fourth-order valence-corrected chi connectivity index (χ4v) is 2.38. The van der Waals surface area contributed by atoms with E-state index < -0.39 is 24.1 Å². The number of thioether (sulfide) groups is 1. The van der Waals surface area contributed by atoms with Crippen LogP contribution in [0.5, 0.6) is 0 Å². The Bertz CT molecular complexity index is 478.